The second kappa shape index (κ2) is 2.31. The highest BCUT2D eigenvalue weighted by molar-refractivity contribution is 5.30. The number of aliphatic hydroxyl groups excluding tert-OH is 1. The van der Waals surface area contributed by atoms with Gasteiger partial charge in [-0.15, -0.1) is 0 Å². The van der Waals surface area contributed by atoms with Crippen molar-refractivity contribution in [1.82, 2.24) is 4.98 Å². The summed E-state index contributed by atoms with van der Waals surface area (Å²) >= 11 is 0. The van der Waals surface area contributed by atoms with Gasteiger partial charge in [0, 0.05) is 6.20 Å². The van der Waals surface area contributed by atoms with Gasteiger partial charge in [-0.2, -0.15) is 0 Å². The molecule has 1 heterocycles. The van der Waals surface area contributed by atoms with Gasteiger partial charge in [0.05, 0.1) is 11.8 Å². The molecule has 2 rings (SSSR count). The lowest BCUT2D eigenvalue weighted by Crippen LogP contribution is -1.92. The van der Waals surface area contributed by atoms with Crippen molar-refractivity contribution in [3.63, 3.8) is 0 Å². The quantitative estimate of drug-likeness (QED) is 0.608. The van der Waals surface area contributed by atoms with Crippen LogP contribution in [-0.4, -0.2) is 10.1 Å². The van der Waals surface area contributed by atoms with E-state index in [-0.39, 0.29) is 6.10 Å². The number of rotatable bonds is 0. The minimum absolute atomic E-state index is 0.332. The summed E-state index contributed by atoms with van der Waals surface area (Å²) in [4.78, 5) is 4.14. The molecule has 1 aliphatic carbocycles. The van der Waals surface area contributed by atoms with Crippen molar-refractivity contribution in [2.45, 2.75) is 25.4 Å². The molecular formula is C9H11NO. The predicted molar refractivity (Wildman–Crippen MR) is 42.2 cm³/mol. The van der Waals surface area contributed by atoms with Gasteiger partial charge in [-0.05, 0) is 24.0 Å². The smallest absolute Gasteiger partial charge is 0.0968 e. The highest BCUT2D eigenvalue weighted by atomic mass is 16.3. The van der Waals surface area contributed by atoms with Crippen molar-refractivity contribution in [3.8, 4) is 0 Å². The monoisotopic (exact) mass is 149 g/mol. The molecule has 0 amide bonds. The van der Waals surface area contributed by atoms with Gasteiger partial charge in [-0.1, -0.05) is 13.0 Å². The van der Waals surface area contributed by atoms with Gasteiger partial charge in [-0.25, -0.2) is 0 Å². The van der Waals surface area contributed by atoms with Gasteiger partial charge >= 0.3 is 0 Å². The van der Waals surface area contributed by atoms with Gasteiger partial charge in [0.15, 0.2) is 0 Å². The van der Waals surface area contributed by atoms with Crippen molar-refractivity contribution in [2.24, 2.45) is 0 Å². The molecule has 2 nitrogen and oxygen atoms in total. The zero-order valence-electron chi connectivity index (χ0n) is 6.49. The van der Waals surface area contributed by atoms with E-state index >= 15 is 0 Å². The summed E-state index contributed by atoms with van der Waals surface area (Å²) in [5.41, 5.74) is 2.08. The van der Waals surface area contributed by atoms with Crippen LogP contribution in [0.1, 0.15) is 36.6 Å². The standard InChI is InChI=1S/C9H11NO/c1-6-5-8(11)9-7(6)3-2-4-10-9/h2-4,6,8,11H,5H2,1H3/t6-,8+/m1/s1. The summed E-state index contributed by atoms with van der Waals surface area (Å²) in [5.74, 6) is 0.466. The third kappa shape index (κ3) is 0.942. The Morgan fingerprint density at radius 3 is 3.18 bits per heavy atom. The van der Waals surface area contributed by atoms with E-state index in [2.05, 4.69) is 11.9 Å². The Labute approximate surface area is 65.9 Å². The molecule has 1 aromatic rings. The predicted octanol–water partition coefficient (Wildman–Crippen LogP) is 1.62. The molecule has 0 bridgehead atoms. The van der Waals surface area contributed by atoms with E-state index in [0.29, 0.717) is 5.92 Å². The molecule has 0 saturated heterocycles. The number of aliphatic hydroxyl groups is 1. The summed E-state index contributed by atoms with van der Waals surface area (Å²) in [5, 5.41) is 9.49. The van der Waals surface area contributed by atoms with E-state index in [1.807, 2.05) is 12.1 Å². The summed E-state index contributed by atoms with van der Waals surface area (Å²) in [6, 6.07) is 3.97. The van der Waals surface area contributed by atoms with Crippen LogP contribution in [0.2, 0.25) is 0 Å². The Bertz CT molecular complexity index is 245. The van der Waals surface area contributed by atoms with Crippen LogP contribution >= 0.6 is 0 Å². The molecule has 1 aliphatic rings. The average molecular weight is 149 g/mol. The molecule has 0 radical (unpaired) electrons. The molecule has 1 aromatic heterocycles. The van der Waals surface area contributed by atoms with Gasteiger partial charge in [0.2, 0.25) is 0 Å². The first-order chi connectivity index (χ1) is 5.29. The minimum atomic E-state index is -0.332. The maximum atomic E-state index is 9.49. The molecule has 11 heavy (non-hydrogen) atoms. The molecule has 58 valence electrons. The molecule has 2 atom stereocenters. The number of nitrogens with zero attached hydrogens (tertiary/aromatic N) is 1. The molecule has 0 saturated carbocycles. The lowest BCUT2D eigenvalue weighted by molar-refractivity contribution is 0.170. The zero-order valence-corrected chi connectivity index (χ0v) is 6.49. The number of fused-ring (bicyclic) bond motifs is 1. The summed E-state index contributed by atoms with van der Waals surface area (Å²) in [7, 11) is 0. The topological polar surface area (TPSA) is 33.1 Å². The van der Waals surface area contributed by atoms with Crippen molar-refractivity contribution in [2.75, 3.05) is 0 Å². The van der Waals surface area contributed by atoms with Gasteiger partial charge in [-0.3, -0.25) is 4.98 Å². The van der Waals surface area contributed by atoms with E-state index in [0.717, 1.165) is 12.1 Å². The largest absolute Gasteiger partial charge is 0.387 e. The number of hydrogen-bond acceptors (Lipinski definition) is 2. The molecule has 0 aliphatic heterocycles. The van der Waals surface area contributed by atoms with Crippen LogP contribution in [0.4, 0.5) is 0 Å². The third-order valence-electron chi connectivity index (χ3n) is 2.29. The number of hydrogen-bond donors (Lipinski definition) is 1. The van der Waals surface area contributed by atoms with E-state index in [1.165, 1.54) is 5.56 Å². The van der Waals surface area contributed by atoms with Gasteiger partial charge in [0.25, 0.3) is 0 Å². The first-order valence-electron chi connectivity index (χ1n) is 3.92. The lowest BCUT2D eigenvalue weighted by Gasteiger charge is -2.00. The number of aromatic nitrogens is 1. The normalized spacial score (nSPS) is 28.5. The number of pyridine rings is 1. The van der Waals surface area contributed by atoms with E-state index in [4.69, 9.17) is 0 Å². The molecular weight excluding hydrogens is 138 g/mol. The second-order valence-corrected chi connectivity index (χ2v) is 3.13. The van der Waals surface area contributed by atoms with Gasteiger partial charge < -0.3 is 5.11 Å². The fraction of sp³-hybridized carbons (Fsp3) is 0.444. The molecule has 1 N–H and O–H groups in total. The van der Waals surface area contributed by atoms with Crippen LogP contribution in [0.5, 0.6) is 0 Å². The highest BCUT2D eigenvalue weighted by Crippen LogP contribution is 2.37. The van der Waals surface area contributed by atoms with Crippen LogP contribution in [0.3, 0.4) is 0 Å². The SMILES string of the molecule is C[C@@H]1C[C@H](O)c2ncccc21. The Morgan fingerprint density at radius 2 is 2.45 bits per heavy atom. The Balaban J connectivity index is 2.52. The van der Waals surface area contributed by atoms with Crippen LogP contribution in [0, 0.1) is 0 Å². The molecule has 2 heteroatoms. The zero-order chi connectivity index (χ0) is 7.84. The minimum Gasteiger partial charge on any atom is -0.387 e. The summed E-state index contributed by atoms with van der Waals surface area (Å²) in [6.07, 6.45) is 2.23. The maximum absolute atomic E-state index is 9.49. The van der Waals surface area contributed by atoms with Crippen LogP contribution < -0.4 is 0 Å². The van der Waals surface area contributed by atoms with Crippen LogP contribution in [0.15, 0.2) is 18.3 Å². The van der Waals surface area contributed by atoms with Crippen LogP contribution in [-0.2, 0) is 0 Å². The molecule has 0 fully saturated rings. The summed E-state index contributed by atoms with van der Waals surface area (Å²) in [6.45, 7) is 2.12. The average Bonchev–Trinajstić information content (AvgIpc) is 2.30. The first-order valence-corrected chi connectivity index (χ1v) is 3.92. The van der Waals surface area contributed by atoms with E-state index in [1.54, 1.807) is 6.20 Å². The Kier molecular flexibility index (Phi) is 1.43. The third-order valence-corrected chi connectivity index (χ3v) is 2.29. The van der Waals surface area contributed by atoms with Crippen molar-refractivity contribution in [1.29, 1.82) is 0 Å². The fourth-order valence-electron chi connectivity index (χ4n) is 1.70. The van der Waals surface area contributed by atoms with E-state index in [9.17, 15) is 5.11 Å². The van der Waals surface area contributed by atoms with Gasteiger partial charge in [0.1, 0.15) is 0 Å². The van der Waals surface area contributed by atoms with Crippen molar-refractivity contribution >= 4 is 0 Å². The second-order valence-electron chi connectivity index (χ2n) is 3.13. The molecule has 0 aromatic carbocycles. The Morgan fingerprint density at radius 1 is 1.64 bits per heavy atom. The molecule has 0 spiro atoms. The van der Waals surface area contributed by atoms with Crippen LogP contribution in [0.25, 0.3) is 0 Å². The van der Waals surface area contributed by atoms with Crippen molar-refractivity contribution < 1.29 is 5.11 Å². The molecule has 0 unspecified atom stereocenters. The first kappa shape index (κ1) is 6.80. The lowest BCUT2D eigenvalue weighted by atomic mass is 10.1. The highest BCUT2D eigenvalue weighted by Gasteiger charge is 2.26. The summed E-state index contributed by atoms with van der Waals surface area (Å²) < 4.78 is 0. The van der Waals surface area contributed by atoms with Crippen molar-refractivity contribution in [3.05, 3.63) is 29.6 Å². The van der Waals surface area contributed by atoms with E-state index < -0.39 is 0 Å². The fourth-order valence-corrected chi connectivity index (χ4v) is 1.70. The maximum Gasteiger partial charge on any atom is 0.0968 e. The Hall–Kier alpha value is -0.890.